The molecule has 0 fully saturated rings. The van der Waals surface area contributed by atoms with Crippen LogP contribution in [0, 0.1) is 0 Å². The molecule has 0 aliphatic carbocycles. The molecule has 16 heavy (non-hydrogen) atoms. The summed E-state index contributed by atoms with van der Waals surface area (Å²) < 4.78 is 41.0. The Balaban J connectivity index is 2.47. The molecule has 0 aliphatic heterocycles. The number of hydrogen-bond donors (Lipinski definition) is 2. The lowest BCUT2D eigenvalue weighted by atomic mass is 10.4. The number of halogens is 3. The van der Waals surface area contributed by atoms with Gasteiger partial charge < -0.3 is 15.2 Å². The van der Waals surface area contributed by atoms with Gasteiger partial charge in [0.15, 0.2) is 0 Å². The predicted molar refractivity (Wildman–Crippen MR) is 51.3 cm³/mol. The summed E-state index contributed by atoms with van der Waals surface area (Å²) in [7, 11) is 1.41. The number of aromatic nitrogens is 2. The molecular weight excluding hydrogens is 247 g/mol. The minimum absolute atomic E-state index is 0.0162. The molecule has 0 aromatic carbocycles. The van der Waals surface area contributed by atoms with Crippen LogP contribution < -0.4 is 5.32 Å². The van der Waals surface area contributed by atoms with E-state index in [0.717, 1.165) is 0 Å². The molecular formula is C7H10F3N3O2S. The summed E-state index contributed by atoms with van der Waals surface area (Å²) in [6, 6.07) is 0. The van der Waals surface area contributed by atoms with Crippen LogP contribution in [0.3, 0.4) is 0 Å². The molecule has 2 N–H and O–H groups in total. The van der Waals surface area contributed by atoms with Crippen LogP contribution >= 0.6 is 11.3 Å². The van der Waals surface area contributed by atoms with E-state index >= 15 is 0 Å². The van der Waals surface area contributed by atoms with E-state index in [9.17, 15) is 18.3 Å². The monoisotopic (exact) mass is 257 g/mol. The molecule has 1 aromatic rings. The largest absolute Gasteiger partial charge is 0.445 e. The fraction of sp³-hybridized carbons (Fsp3) is 0.714. The SMILES string of the molecule is COCC(O)CNc1nnc(C(F)(F)F)s1. The number of methoxy groups -OCH3 is 1. The average molecular weight is 257 g/mol. The van der Waals surface area contributed by atoms with Gasteiger partial charge in [-0.3, -0.25) is 0 Å². The van der Waals surface area contributed by atoms with Crippen LogP contribution in [0.4, 0.5) is 18.3 Å². The molecule has 1 aromatic heterocycles. The number of ether oxygens (including phenoxy) is 1. The molecule has 1 atom stereocenters. The van der Waals surface area contributed by atoms with Crippen molar-refractivity contribution in [2.45, 2.75) is 12.3 Å². The summed E-state index contributed by atoms with van der Waals surface area (Å²) in [5.41, 5.74) is 0. The lowest BCUT2D eigenvalue weighted by Crippen LogP contribution is -2.24. The number of aliphatic hydroxyl groups excluding tert-OH is 1. The molecule has 0 amide bonds. The maximum absolute atomic E-state index is 12.1. The molecule has 0 aliphatic rings. The molecule has 1 heterocycles. The van der Waals surface area contributed by atoms with Crippen molar-refractivity contribution in [2.75, 3.05) is 25.6 Å². The first kappa shape index (κ1) is 13.1. The molecule has 0 saturated heterocycles. The van der Waals surface area contributed by atoms with Gasteiger partial charge in [-0.1, -0.05) is 11.3 Å². The molecule has 9 heteroatoms. The Hall–Kier alpha value is -0.930. The minimum atomic E-state index is -4.48. The van der Waals surface area contributed by atoms with Gasteiger partial charge in [-0.2, -0.15) is 13.2 Å². The van der Waals surface area contributed by atoms with Crippen molar-refractivity contribution in [1.82, 2.24) is 10.2 Å². The van der Waals surface area contributed by atoms with Crippen molar-refractivity contribution in [1.29, 1.82) is 0 Å². The summed E-state index contributed by atoms with van der Waals surface area (Å²) in [5, 5.41) is 17.0. The lowest BCUT2D eigenvalue weighted by molar-refractivity contribution is -0.138. The van der Waals surface area contributed by atoms with E-state index in [1.807, 2.05) is 0 Å². The molecule has 1 unspecified atom stereocenters. The quantitative estimate of drug-likeness (QED) is 0.823. The van der Waals surface area contributed by atoms with Gasteiger partial charge in [0.1, 0.15) is 0 Å². The Labute approximate surface area is 93.3 Å². The van der Waals surface area contributed by atoms with E-state index in [1.165, 1.54) is 7.11 Å². The standard InChI is InChI=1S/C7H10F3N3O2S/c1-15-3-4(14)2-11-6-13-12-5(16-6)7(8,9)10/h4,14H,2-3H2,1H3,(H,11,13). The van der Waals surface area contributed by atoms with Gasteiger partial charge in [-0.25, -0.2) is 0 Å². The summed E-state index contributed by atoms with van der Waals surface area (Å²) in [6.45, 7) is 0.151. The van der Waals surface area contributed by atoms with E-state index in [-0.39, 0.29) is 18.3 Å². The Kier molecular flexibility index (Phi) is 4.44. The van der Waals surface area contributed by atoms with Crippen LogP contribution in [0.1, 0.15) is 5.01 Å². The normalized spacial score (nSPS) is 13.8. The third-order valence-corrected chi connectivity index (χ3v) is 2.44. The van der Waals surface area contributed by atoms with Gasteiger partial charge in [-0.15, -0.1) is 10.2 Å². The van der Waals surface area contributed by atoms with E-state index in [1.54, 1.807) is 0 Å². The second-order valence-electron chi connectivity index (χ2n) is 2.90. The minimum Gasteiger partial charge on any atom is -0.389 e. The van der Waals surface area contributed by atoms with Gasteiger partial charge in [-0.05, 0) is 0 Å². The molecule has 5 nitrogen and oxygen atoms in total. The Morgan fingerprint density at radius 1 is 1.50 bits per heavy atom. The highest BCUT2D eigenvalue weighted by Crippen LogP contribution is 2.32. The maximum atomic E-state index is 12.1. The summed E-state index contributed by atoms with van der Waals surface area (Å²) in [4.78, 5) is 0. The van der Waals surface area contributed by atoms with Gasteiger partial charge in [0.25, 0.3) is 0 Å². The molecule has 0 saturated carbocycles. The fourth-order valence-electron chi connectivity index (χ4n) is 0.866. The van der Waals surface area contributed by atoms with Crippen LogP contribution in [-0.2, 0) is 10.9 Å². The summed E-state index contributed by atoms with van der Waals surface area (Å²) >= 11 is 0.390. The first-order valence-electron chi connectivity index (χ1n) is 4.25. The highest BCUT2D eigenvalue weighted by atomic mass is 32.1. The highest BCUT2D eigenvalue weighted by Gasteiger charge is 2.35. The zero-order valence-electron chi connectivity index (χ0n) is 8.28. The van der Waals surface area contributed by atoms with Crippen LogP contribution in [0.15, 0.2) is 0 Å². The van der Waals surface area contributed by atoms with Crippen LogP contribution in [0.25, 0.3) is 0 Å². The third-order valence-electron chi connectivity index (χ3n) is 1.52. The van der Waals surface area contributed by atoms with Gasteiger partial charge >= 0.3 is 6.18 Å². The molecule has 0 spiro atoms. The topological polar surface area (TPSA) is 67.3 Å². The summed E-state index contributed by atoms with van der Waals surface area (Å²) in [5.74, 6) is 0. The van der Waals surface area contributed by atoms with Gasteiger partial charge in [0.2, 0.25) is 10.1 Å². The van der Waals surface area contributed by atoms with E-state index in [0.29, 0.717) is 11.3 Å². The Morgan fingerprint density at radius 2 is 2.19 bits per heavy atom. The van der Waals surface area contributed by atoms with Crippen molar-refractivity contribution >= 4 is 16.5 Å². The van der Waals surface area contributed by atoms with Crippen LogP contribution in [-0.4, -0.2) is 41.7 Å². The van der Waals surface area contributed by atoms with Crippen molar-refractivity contribution in [2.24, 2.45) is 0 Å². The van der Waals surface area contributed by atoms with Gasteiger partial charge in [0.05, 0.1) is 12.7 Å². The van der Waals surface area contributed by atoms with Crippen molar-refractivity contribution < 1.29 is 23.0 Å². The number of aliphatic hydroxyl groups is 1. The first-order chi connectivity index (χ1) is 7.43. The van der Waals surface area contributed by atoms with Crippen molar-refractivity contribution in [3.05, 3.63) is 5.01 Å². The zero-order valence-corrected chi connectivity index (χ0v) is 9.10. The maximum Gasteiger partial charge on any atom is 0.445 e. The van der Waals surface area contributed by atoms with Crippen LogP contribution in [0.2, 0.25) is 0 Å². The number of nitrogens with zero attached hydrogens (tertiary/aromatic N) is 2. The van der Waals surface area contributed by atoms with E-state index in [4.69, 9.17) is 0 Å². The number of rotatable bonds is 5. The summed E-state index contributed by atoms with van der Waals surface area (Å²) in [6.07, 6.45) is -5.29. The van der Waals surface area contributed by atoms with Crippen LogP contribution in [0.5, 0.6) is 0 Å². The molecule has 0 bridgehead atoms. The van der Waals surface area contributed by atoms with Crippen molar-refractivity contribution in [3.63, 3.8) is 0 Å². The van der Waals surface area contributed by atoms with Crippen molar-refractivity contribution in [3.8, 4) is 0 Å². The molecule has 92 valence electrons. The lowest BCUT2D eigenvalue weighted by Gasteiger charge is -2.08. The first-order valence-corrected chi connectivity index (χ1v) is 5.06. The molecule has 0 radical (unpaired) electrons. The van der Waals surface area contributed by atoms with Gasteiger partial charge in [0, 0.05) is 13.7 Å². The van der Waals surface area contributed by atoms with E-state index in [2.05, 4.69) is 20.3 Å². The average Bonchev–Trinajstić information content (AvgIpc) is 2.63. The van der Waals surface area contributed by atoms with E-state index < -0.39 is 17.3 Å². The second-order valence-corrected chi connectivity index (χ2v) is 3.88. The second kappa shape index (κ2) is 5.41. The number of nitrogens with one attached hydrogen (secondary N) is 1. The Bertz CT molecular complexity index is 331. The third kappa shape index (κ3) is 3.91. The predicted octanol–water partition coefficient (Wildman–Crippen LogP) is 0.976. The number of anilines is 1. The number of hydrogen-bond acceptors (Lipinski definition) is 6. The highest BCUT2D eigenvalue weighted by molar-refractivity contribution is 7.15. The number of alkyl halides is 3. The Morgan fingerprint density at radius 3 is 2.69 bits per heavy atom. The molecule has 1 rings (SSSR count). The smallest absolute Gasteiger partial charge is 0.389 e. The fourth-order valence-corrected chi connectivity index (χ4v) is 1.48. The zero-order chi connectivity index (χ0) is 12.2.